The first-order chi connectivity index (χ1) is 9.41. The number of carboxylic acid groups (broad SMARTS) is 1. The Morgan fingerprint density at radius 2 is 2.10 bits per heavy atom. The molecule has 0 bridgehead atoms. The lowest BCUT2D eigenvalue weighted by molar-refractivity contribution is 0.0697. The van der Waals surface area contributed by atoms with Crippen molar-refractivity contribution in [3.8, 4) is 0 Å². The number of carbonyl (C=O) groups is 1. The fraction of sp³-hybridized carbons (Fsp3) is 0.357. The zero-order valence-electron chi connectivity index (χ0n) is 11.9. The van der Waals surface area contributed by atoms with Crippen molar-refractivity contribution in [1.82, 2.24) is 10.1 Å². The van der Waals surface area contributed by atoms with Crippen molar-refractivity contribution in [2.45, 2.75) is 33.7 Å². The second kappa shape index (κ2) is 5.32. The Bertz CT molecular complexity index is 630. The minimum atomic E-state index is -0.996. The SMILES string of the molecule is Cc1ccnc(NC(C)c2c(C)noc2C)c1C(=O)O. The number of aromatic carboxylic acids is 1. The van der Waals surface area contributed by atoms with Crippen LogP contribution in [-0.4, -0.2) is 21.2 Å². The predicted octanol–water partition coefficient (Wildman–Crippen LogP) is 2.87. The number of aryl methyl sites for hydroxylation is 3. The van der Waals surface area contributed by atoms with Crippen LogP contribution >= 0.6 is 0 Å². The summed E-state index contributed by atoms with van der Waals surface area (Å²) in [7, 11) is 0. The molecule has 2 heterocycles. The summed E-state index contributed by atoms with van der Waals surface area (Å²) in [5, 5.41) is 16.3. The molecular formula is C14H17N3O3. The molecule has 0 amide bonds. The van der Waals surface area contributed by atoms with Crippen LogP contribution in [0.3, 0.4) is 0 Å². The van der Waals surface area contributed by atoms with E-state index in [0.29, 0.717) is 17.1 Å². The Hall–Kier alpha value is -2.37. The van der Waals surface area contributed by atoms with Crippen LogP contribution in [0.15, 0.2) is 16.8 Å². The molecule has 1 atom stereocenters. The van der Waals surface area contributed by atoms with Crippen LogP contribution in [0.4, 0.5) is 5.82 Å². The first-order valence-corrected chi connectivity index (χ1v) is 6.30. The Morgan fingerprint density at radius 1 is 1.40 bits per heavy atom. The second-order valence-electron chi connectivity index (χ2n) is 4.76. The highest BCUT2D eigenvalue weighted by molar-refractivity contribution is 5.94. The number of pyridine rings is 1. The normalized spacial score (nSPS) is 12.2. The first-order valence-electron chi connectivity index (χ1n) is 6.30. The summed E-state index contributed by atoms with van der Waals surface area (Å²) in [5.74, 6) is 0.0705. The number of anilines is 1. The number of rotatable bonds is 4. The van der Waals surface area contributed by atoms with Crippen LogP contribution in [-0.2, 0) is 0 Å². The third-order valence-electron chi connectivity index (χ3n) is 3.25. The quantitative estimate of drug-likeness (QED) is 0.892. The average Bonchev–Trinajstić information content (AvgIpc) is 2.68. The van der Waals surface area contributed by atoms with Crippen molar-refractivity contribution >= 4 is 11.8 Å². The molecule has 0 aliphatic heterocycles. The zero-order chi connectivity index (χ0) is 14.9. The lowest BCUT2D eigenvalue weighted by Crippen LogP contribution is -2.14. The van der Waals surface area contributed by atoms with E-state index in [1.165, 1.54) is 0 Å². The molecule has 0 saturated carbocycles. The molecule has 2 N–H and O–H groups in total. The fourth-order valence-corrected chi connectivity index (χ4v) is 2.32. The molecule has 6 nitrogen and oxygen atoms in total. The minimum absolute atomic E-state index is 0.145. The van der Waals surface area contributed by atoms with Crippen molar-refractivity contribution < 1.29 is 14.4 Å². The van der Waals surface area contributed by atoms with Crippen LogP contribution in [0.5, 0.6) is 0 Å². The largest absolute Gasteiger partial charge is 0.478 e. The molecule has 1 unspecified atom stereocenters. The van der Waals surface area contributed by atoms with E-state index in [2.05, 4.69) is 15.5 Å². The van der Waals surface area contributed by atoms with Crippen molar-refractivity contribution in [2.75, 3.05) is 5.32 Å². The van der Waals surface area contributed by atoms with Crippen LogP contribution in [0.25, 0.3) is 0 Å². The van der Waals surface area contributed by atoms with Crippen molar-refractivity contribution in [1.29, 1.82) is 0 Å². The van der Waals surface area contributed by atoms with Crippen molar-refractivity contribution in [3.05, 3.63) is 40.4 Å². The van der Waals surface area contributed by atoms with Crippen molar-refractivity contribution in [3.63, 3.8) is 0 Å². The number of hydrogen-bond donors (Lipinski definition) is 2. The Balaban J connectivity index is 2.36. The Kier molecular flexibility index (Phi) is 3.74. The van der Waals surface area contributed by atoms with Gasteiger partial charge >= 0.3 is 5.97 Å². The summed E-state index contributed by atoms with van der Waals surface area (Å²) in [6, 6.07) is 1.53. The topological polar surface area (TPSA) is 88.3 Å². The first kappa shape index (κ1) is 14.0. The number of nitrogens with one attached hydrogen (secondary N) is 1. The van der Waals surface area contributed by atoms with Gasteiger partial charge in [0.05, 0.1) is 11.7 Å². The number of hydrogen-bond acceptors (Lipinski definition) is 5. The third kappa shape index (κ3) is 2.49. The fourth-order valence-electron chi connectivity index (χ4n) is 2.32. The standard InChI is InChI=1S/C14H17N3O3/c1-7-5-6-15-13(11(7)14(18)19)16-8(2)12-9(3)17-20-10(12)4/h5-6,8H,1-4H3,(H,15,16)(H,18,19). The van der Waals surface area contributed by atoms with E-state index in [1.54, 1.807) is 19.2 Å². The van der Waals surface area contributed by atoms with Gasteiger partial charge in [-0.15, -0.1) is 0 Å². The molecule has 2 aromatic rings. The van der Waals surface area contributed by atoms with E-state index in [0.717, 1.165) is 11.3 Å². The van der Waals surface area contributed by atoms with Gasteiger partial charge < -0.3 is 14.9 Å². The number of aromatic nitrogens is 2. The van der Waals surface area contributed by atoms with E-state index < -0.39 is 5.97 Å². The maximum Gasteiger partial charge on any atom is 0.339 e. The maximum absolute atomic E-state index is 11.3. The summed E-state index contributed by atoms with van der Waals surface area (Å²) >= 11 is 0. The molecule has 2 rings (SSSR count). The van der Waals surface area contributed by atoms with E-state index in [-0.39, 0.29) is 11.6 Å². The molecular weight excluding hydrogens is 258 g/mol. The van der Waals surface area contributed by atoms with E-state index in [1.807, 2.05) is 20.8 Å². The summed E-state index contributed by atoms with van der Waals surface area (Å²) in [6.45, 7) is 7.35. The lowest BCUT2D eigenvalue weighted by Gasteiger charge is -2.16. The van der Waals surface area contributed by atoms with Gasteiger partial charge in [-0.3, -0.25) is 0 Å². The Labute approximate surface area is 116 Å². The molecule has 0 aliphatic carbocycles. The highest BCUT2D eigenvalue weighted by Gasteiger charge is 2.20. The molecule has 106 valence electrons. The average molecular weight is 275 g/mol. The van der Waals surface area contributed by atoms with Crippen molar-refractivity contribution in [2.24, 2.45) is 0 Å². The molecule has 0 radical (unpaired) electrons. The molecule has 0 aliphatic rings. The molecule has 0 spiro atoms. The van der Waals surface area contributed by atoms with Gasteiger partial charge in [0.1, 0.15) is 17.1 Å². The zero-order valence-corrected chi connectivity index (χ0v) is 11.9. The molecule has 6 heteroatoms. The van der Waals surface area contributed by atoms with Gasteiger partial charge in [-0.1, -0.05) is 5.16 Å². The van der Waals surface area contributed by atoms with Gasteiger partial charge in [-0.05, 0) is 39.3 Å². The van der Waals surface area contributed by atoms with Gasteiger partial charge in [0.25, 0.3) is 0 Å². The van der Waals surface area contributed by atoms with Crippen LogP contribution in [0.1, 0.15) is 45.9 Å². The predicted molar refractivity (Wildman–Crippen MR) is 73.9 cm³/mol. The highest BCUT2D eigenvalue weighted by Crippen LogP contribution is 2.26. The number of nitrogens with zero attached hydrogens (tertiary/aromatic N) is 2. The maximum atomic E-state index is 11.3. The molecule has 2 aromatic heterocycles. The Morgan fingerprint density at radius 3 is 2.65 bits per heavy atom. The summed E-state index contributed by atoms with van der Waals surface area (Å²) in [5.41, 5.74) is 2.56. The summed E-state index contributed by atoms with van der Waals surface area (Å²) < 4.78 is 5.13. The summed E-state index contributed by atoms with van der Waals surface area (Å²) in [6.07, 6.45) is 1.59. The molecule has 0 saturated heterocycles. The smallest absolute Gasteiger partial charge is 0.339 e. The lowest BCUT2D eigenvalue weighted by atomic mass is 10.1. The van der Waals surface area contributed by atoms with Gasteiger partial charge in [-0.25, -0.2) is 9.78 Å². The van der Waals surface area contributed by atoms with Crippen LogP contribution < -0.4 is 5.32 Å². The summed E-state index contributed by atoms with van der Waals surface area (Å²) in [4.78, 5) is 15.5. The third-order valence-corrected chi connectivity index (χ3v) is 3.25. The van der Waals surface area contributed by atoms with Gasteiger partial charge in [-0.2, -0.15) is 0 Å². The molecule has 20 heavy (non-hydrogen) atoms. The van der Waals surface area contributed by atoms with E-state index in [4.69, 9.17) is 4.52 Å². The van der Waals surface area contributed by atoms with E-state index >= 15 is 0 Å². The van der Waals surface area contributed by atoms with Gasteiger partial charge in [0.2, 0.25) is 0 Å². The molecule has 0 aromatic carbocycles. The van der Waals surface area contributed by atoms with Gasteiger partial charge in [0, 0.05) is 11.8 Å². The van der Waals surface area contributed by atoms with Gasteiger partial charge in [0.15, 0.2) is 0 Å². The molecule has 0 fully saturated rings. The van der Waals surface area contributed by atoms with Crippen LogP contribution in [0.2, 0.25) is 0 Å². The number of carboxylic acids is 1. The van der Waals surface area contributed by atoms with E-state index in [9.17, 15) is 9.90 Å². The second-order valence-corrected chi connectivity index (χ2v) is 4.76. The monoisotopic (exact) mass is 275 g/mol. The minimum Gasteiger partial charge on any atom is -0.478 e. The highest BCUT2D eigenvalue weighted by atomic mass is 16.5. The van der Waals surface area contributed by atoms with Crippen LogP contribution in [0, 0.1) is 20.8 Å².